The number of likely N-dealkylation sites (tertiary alicyclic amines) is 1. The van der Waals surface area contributed by atoms with Crippen molar-refractivity contribution in [1.82, 2.24) is 10.2 Å². The topological polar surface area (TPSA) is 32.3 Å². The van der Waals surface area contributed by atoms with Crippen LogP contribution in [0.25, 0.3) is 0 Å². The second-order valence-corrected chi connectivity index (χ2v) is 8.31. The molecule has 1 aromatic heterocycles. The van der Waals surface area contributed by atoms with Crippen LogP contribution in [0.5, 0.6) is 0 Å². The number of nitrogens with one attached hydrogen (secondary N) is 1. The quantitative estimate of drug-likeness (QED) is 0.752. The highest BCUT2D eigenvalue weighted by Crippen LogP contribution is 2.20. The number of piperidine rings is 1. The molecule has 1 fully saturated rings. The van der Waals surface area contributed by atoms with Gasteiger partial charge in [0.1, 0.15) is 0 Å². The predicted molar refractivity (Wildman–Crippen MR) is 109 cm³/mol. The number of carbonyl (C=O) groups is 1. The molecule has 1 aromatic carbocycles. The van der Waals surface area contributed by atoms with E-state index in [1.54, 1.807) is 0 Å². The highest BCUT2D eigenvalue weighted by molar-refractivity contribution is 7.09. The van der Waals surface area contributed by atoms with Crippen LogP contribution in [0.1, 0.15) is 42.2 Å². The van der Waals surface area contributed by atoms with Crippen LogP contribution in [-0.4, -0.2) is 30.4 Å². The van der Waals surface area contributed by atoms with E-state index in [4.69, 9.17) is 0 Å². The number of thiophene rings is 1. The molecule has 1 amide bonds. The van der Waals surface area contributed by atoms with E-state index in [0.717, 1.165) is 39.0 Å². The highest BCUT2D eigenvalue weighted by Gasteiger charge is 2.19. The van der Waals surface area contributed by atoms with Gasteiger partial charge in [0.2, 0.25) is 5.91 Å². The molecule has 3 nitrogen and oxygen atoms in total. The zero-order chi connectivity index (χ0) is 18.2. The lowest BCUT2D eigenvalue weighted by atomic mass is 9.96. The number of rotatable bonds is 8. The van der Waals surface area contributed by atoms with Crippen LogP contribution in [0.2, 0.25) is 0 Å². The van der Waals surface area contributed by atoms with E-state index in [-0.39, 0.29) is 5.91 Å². The van der Waals surface area contributed by atoms with Gasteiger partial charge in [-0.05, 0) is 67.3 Å². The van der Waals surface area contributed by atoms with Crippen molar-refractivity contribution in [3.8, 4) is 0 Å². The molecule has 3 rings (SSSR count). The third kappa shape index (κ3) is 5.96. The molecule has 2 heterocycles. The highest BCUT2D eigenvalue weighted by atomic mass is 32.1. The fourth-order valence-corrected chi connectivity index (χ4v) is 4.26. The lowest BCUT2D eigenvalue weighted by Crippen LogP contribution is -2.38. The number of aryl methyl sites for hydroxylation is 2. The largest absolute Gasteiger partial charge is 0.356 e. The minimum atomic E-state index is 0.186. The molecule has 0 aliphatic carbocycles. The van der Waals surface area contributed by atoms with E-state index in [0.29, 0.717) is 12.3 Å². The maximum absolute atomic E-state index is 12.1. The zero-order valence-electron chi connectivity index (χ0n) is 15.7. The van der Waals surface area contributed by atoms with E-state index >= 15 is 0 Å². The average molecular weight is 371 g/mol. The third-order valence-corrected chi connectivity index (χ3v) is 6.19. The van der Waals surface area contributed by atoms with Crippen LogP contribution >= 0.6 is 11.3 Å². The first kappa shape index (κ1) is 19.1. The van der Waals surface area contributed by atoms with Crippen molar-refractivity contribution in [3.05, 3.63) is 57.8 Å². The second-order valence-electron chi connectivity index (χ2n) is 7.27. The molecule has 0 atom stereocenters. The van der Waals surface area contributed by atoms with Crippen molar-refractivity contribution in [2.45, 2.75) is 45.6 Å². The van der Waals surface area contributed by atoms with Crippen molar-refractivity contribution < 1.29 is 4.79 Å². The van der Waals surface area contributed by atoms with E-state index in [1.165, 1.54) is 28.8 Å². The van der Waals surface area contributed by atoms with Crippen LogP contribution in [0.3, 0.4) is 0 Å². The molecular weight excluding hydrogens is 340 g/mol. The van der Waals surface area contributed by atoms with Gasteiger partial charge >= 0.3 is 0 Å². The Balaban J connectivity index is 1.31. The number of hydrogen-bond acceptors (Lipinski definition) is 3. The standard InChI is InChI=1S/C22H30N2OS/c1-2-18-5-7-19(8-6-18)9-10-22(25)23-16-20-11-13-24(14-12-20)17-21-4-3-15-26-21/h3-8,15,20H,2,9-14,16-17H2,1H3,(H,23,25). The summed E-state index contributed by atoms with van der Waals surface area (Å²) in [5, 5.41) is 5.30. The van der Waals surface area contributed by atoms with Gasteiger partial charge in [-0.15, -0.1) is 11.3 Å². The molecule has 4 heteroatoms. The molecule has 1 aliphatic rings. The van der Waals surface area contributed by atoms with Gasteiger partial charge < -0.3 is 5.32 Å². The molecule has 0 radical (unpaired) electrons. The first-order valence-corrected chi connectivity index (χ1v) is 10.7. The Morgan fingerprint density at radius 2 is 1.88 bits per heavy atom. The first-order valence-electron chi connectivity index (χ1n) is 9.82. The Hall–Kier alpha value is -1.65. The van der Waals surface area contributed by atoms with Crippen molar-refractivity contribution >= 4 is 17.2 Å². The number of carbonyl (C=O) groups excluding carboxylic acids is 1. The van der Waals surface area contributed by atoms with Crippen molar-refractivity contribution in [1.29, 1.82) is 0 Å². The molecular formula is C22H30N2OS. The van der Waals surface area contributed by atoms with Gasteiger partial charge in [-0.2, -0.15) is 0 Å². The van der Waals surface area contributed by atoms with Gasteiger partial charge in [0.15, 0.2) is 0 Å². The van der Waals surface area contributed by atoms with E-state index in [2.05, 4.69) is 58.9 Å². The van der Waals surface area contributed by atoms with Crippen LogP contribution in [-0.2, 0) is 24.2 Å². The maximum Gasteiger partial charge on any atom is 0.220 e. The molecule has 140 valence electrons. The molecule has 0 saturated carbocycles. The maximum atomic E-state index is 12.1. The summed E-state index contributed by atoms with van der Waals surface area (Å²) in [5.74, 6) is 0.813. The Morgan fingerprint density at radius 3 is 2.54 bits per heavy atom. The summed E-state index contributed by atoms with van der Waals surface area (Å²) in [6.07, 6.45) is 4.85. The molecule has 1 aliphatic heterocycles. The normalized spacial score (nSPS) is 15.9. The average Bonchev–Trinajstić information content (AvgIpc) is 3.19. The van der Waals surface area contributed by atoms with Gasteiger partial charge in [-0.3, -0.25) is 9.69 Å². The van der Waals surface area contributed by atoms with E-state index < -0.39 is 0 Å². The smallest absolute Gasteiger partial charge is 0.220 e. The van der Waals surface area contributed by atoms with Gasteiger partial charge in [-0.1, -0.05) is 37.3 Å². The number of nitrogens with zero attached hydrogens (tertiary/aromatic N) is 1. The SMILES string of the molecule is CCc1ccc(CCC(=O)NCC2CCN(Cc3cccs3)CC2)cc1. The summed E-state index contributed by atoms with van der Waals surface area (Å²) in [6.45, 7) is 6.35. The molecule has 0 bridgehead atoms. The number of benzene rings is 1. The fourth-order valence-electron chi connectivity index (χ4n) is 3.52. The molecule has 0 spiro atoms. The predicted octanol–water partition coefficient (Wildman–Crippen LogP) is 4.27. The zero-order valence-corrected chi connectivity index (χ0v) is 16.6. The van der Waals surface area contributed by atoms with Crippen LogP contribution in [0.4, 0.5) is 0 Å². The van der Waals surface area contributed by atoms with Gasteiger partial charge in [0, 0.05) is 24.4 Å². The molecule has 1 N–H and O–H groups in total. The van der Waals surface area contributed by atoms with E-state index in [9.17, 15) is 4.79 Å². The van der Waals surface area contributed by atoms with Crippen LogP contribution < -0.4 is 5.32 Å². The molecule has 2 aromatic rings. The van der Waals surface area contributed by atoms with Crippen molar-refractivity contribution in [3.63, 3.8) is 0 Å². The summed E-state index contributed by atoms with van der Waals surface area (Å²) in [4.78, 5) is 16.1. The van der Waals surface area contributed by atoms with E-state index in [1.807, 2.05) is 11.3 Å². The van der Waals surface area contributed by atoms with Crippen molar-refractivity contribution in [2.75, 3.05) is 19.6 Å². The summed E-state index contributed by atoms with van der Waals surface area (Å²) in [6, 6.07) is 13.0. The Morgan fingerprint density at radius 1 is 1.15 bits per heavy atom. The Bertz CT molecular complexity index is 658. The molecule has 26 heavy (non-hydrogen) atoms. The fraction of sp³-hybridized carbons (Fsp3) is 0.500. The summed E-state index contributed by atoms with van der Waals surface area (Å²) in [5.41, 5.74) is 2.60. The number of hydrogen-bond donors (Lipinski definition) is 1. The monoisotopic (exact) mass is 370 g/mol. The van der Waals surface area contributed by atoms with Crippen LogP contribution in [0, 0.1) is 5.92 Å². The minimum Gasteiger partial charge on any atom is -0.356 e. The third-order valence-electron chi connectivity index (χ3n) is 5.33. The lowest BCUT2D eigenvalue weighted by Gasteiger charge is -2.31. The number of amides is 1. The molecule has 0 unspecified atom stereocenters. The van der Waals surface area contributed by atoms with Crippen molar-refractivity contribution in [2.24, 2.45) is 5.92 Å². The first-order chi connectivity index (χ1) is 12.7. The summed E-state index contributed by atoms with van der Waals surface area (Å²) >= 11 is 1.84. The lowest BCUT2D eigenvalue weighted by molar-refractivity contribution is -0.121. The van der Waals surface area contributed by atoms with Gasteiger partial charge in [0.25, 0.3) is 0 Å². The Labute approximate surface area is 161 Å². The Kier molecular flexibility index (Phi) is 7.27. The second kappa shape index (κ2) is 9.89. The minimum absolute atomic E-state index is 0.186. The summed E-state index contributed by atoms with van der Waals surface area (Å²) < 4.78 is 0. The van der Waals surface area contributed by atoms with Gasteiger partial charge in [0.05, 0.1) is 0 Å². The summed E-state index contributed by atoms with van der Waals surface area (Å²) in [7, 11) is 0. The molecule has 1 saturated heterocycles. The van der Waals surface area contributed by atoms with Gasteiger partial charge in [-0.25, -0.2) is 0 Å². The van der Waals surface area contributed by atoms with Crippen LogP contribution in [0.15, 0.2) is 41.8 Å².